The molecule has 0 N–H and O–H groups in total. The van der Waals surface area contributed by atoms with E-state index in [1.807, 2.05) is 0 Å². The molecule has 1 unspecified atom stereocenters. The van der Waals surface area contributed by atoms with Gasteiger partial charge in [0.05, 0.1) is 6.04 Å². The maximum atomic E-state index is 4.46. The first-order chi connectivity index (χ1) is 8.72. The van der Waals surface area contributed by atoms with E-state index in [2.05, 4.69) is 45.5 Å². The van der Waals surface area contributed by atoms with Crippen molar-refractivity contribution in [3.8, 4) is 0 Å². The third kappa shape index (κ3) is 3.09. The summed E-state index contributed by atoms with van der Waals surface area (Å²) in [5.74, 6) is 1.12. The monoisotopic (exact) mass is 251 g/mol. The maximum Gasteiger partial charge on any atom is 0.143 e. The lowest BCUT2D eigenvalue weighted by atomic mass is 10.2. The highest BCUT2D eigenvalue weighted by atomic mass is 15.4. The van der Waals surface area contributed by atoms with Gasteiger partial charge in [-0.15, -0.1) is 0 Å². The van der Waals surface area contributed by atoms with Crippen molar-refractivity contribution in [2.75, 3.05) is 33.2 Å². The molecule has 2 rings (SSSR count). The van der Waals surface area contributed by atoms with Gasteiger partial charge < -0.3 is 4.90 Å². The number of aromatic nitrogens is 3. The van der Waals surface area contributed by atoms with E-state index in [-0.39, 0.29) is 0 Å². The molecule has 0 amide bonds. The Kier molecular flexibility index (Phi) is 4.72. The number of unbranched alkanes of at least 4 members (excludes halogenated alkanes) is 1. The van der Waals surface area contributed by atoms with Crippen molar-refractivity contribution < 1.29 is 0 Å². The number of likely N-dealkylation sites (N-methyl/N-ethyl adjacent to an activating group) is 1. The zero-order valence-electron chi connectivity index (χ0n) is 11.8. The molecular formula is C13H25N5. The molecule has 0 bridgehead atoms. The Morgan fingerprint density at radius 3 is 2.67 bits per heavy atom. The summed E-state index contributed by atoms with van der Waals surface area (Å²) in [7, 11) is 2.19. The van der Waals surface area contributed by atoms with Crippen LogP contribution in [0.2, 0.25) is 0 Å². The molecule has 0 saturated carbocycles. The van der Waals surface area contributed by atoms with Crippen LogP contribution in [0.25, 0.3) is 0 Å². The van der Waals surface area contributed by atoms with Gasteiger partial charge in [0, 0.05) is 32.7 Å². The zero-order chi connectivity index (χ0) is 13.0. The second-order valence-electron chi connectivity index (χ2n) is 5.21. The highest BCUT2D eigenvalue weighted by molar-refractivity contribution is 4.94. The van der Waals surface area contributed by atoms with Crippen molar-refractivity contribution in [3.63, 3.8) is 0 Å². The minimum atomic E-state index is 0.373. The SMILES string of the molecule is CCCCn1ncnc1C(C)N1CCN(C)CC1. The van der Waals surface area contributed by atoms with E-state index in [1.54, 1.807) is 6.33 Å². The van der Waals surface area contributed by atoms with Gasteiger partial charge in [0.2, 0.25) is 0 Å². The van der Waals surface area contributed by atoms with Gasteiger partial charge in [0.15, 0.2) is 0 Å². The van der Waals surface area contributed by atoms with Gasteiger partial charge in [-0.3, -0.25) is 4.90 Å². The number of nitrogens with zero attached hydrogens (tertiary/aromatic N) is 5. The van der Waals surface area contributed by atoms with E-state index in [9.17, 15) is 0 Å². The molecule has 0 spiro atoms. The minimum absolute atomic E-state index is 0.373. The summed E-state index contributed by atoms with van der Waals surface area (Å²) >= 11 is 0. The predicted octanol–water partition coefficient (Wildman–Crippen LogP) is 1.39. The molecule has 0 aromatic carbocycles. The molecule has 1 aliphatic rings. The van der Waals surface area contributed by atoms with Crippen LogP contribution in [0.1, 0.15) is 38.6 Å². The van der Waals surface area contributed by atoms with E-state index in [0.29, 0.717) is 6.04 Å². The minimum Gasteiger partial charge on any atom is -0.304 e. The lowest BCUT2D eigenvalue weighted by Gasteiger charge is -2.36. The topological polar surface area (TPSA) is 37.2 Å². The van der Waals surface area contributed by atoms with Gasteiger partial charge in [0.1, 0.15) is 12.2 Å². The molecule has 1 aliphatic heterocycles. The number of piperazine rings is 1. The van der Waals surface area contributed by atoms with Crippen LogP contribution in [-0.4, -0.2) is 57.8 Å². The Morgan fingerprint density at radius 1 is 1.28 bits per heavy atom. The second kappa shape index (κ2) is 6.29. The van der Waals surface area contributed by atoms with Crippen molar-refractivity contribution in [2.45, 2.75) is 39.3 Å². The fourth-order valence-corrected chi connectivity index (χ4v) is 2.45. The van der Waals surface area contributed by atoms with Crippen LogP contribution in [0.3, 0.4) is 0 Å². The standard InChI is InChI=1S/C13H25N5/c1-4-5-6-18-13(14-11-15-18)12(2)17-9-7-16(3)8-10-17/h11-12H,4-10H2,1-3H3. The van der Waals surface area contributed by atoms with Crippen molar-refractivity contribution in [3.05, 3.63) is 12.2 Å². The Balaban J connectivity index is 1.99. The molecule has 1 aromatic heterocycles. The molecule has 5 heteroatoms. The first-order valence-electron chi connectivity index (χ1n) is 7.02. The Bertz CT molecular complexity index is 354. The van der Waals surface area contributed by atoms with Gasteiger partial charge in [-0.25, -0.2) is 9.67 Å². The van der Waals surface area contributed by atoms with Gasteiger partial charge in [0.25, 0.3) is 0 Å². The van der Waals surface area contributed by atoms with Crippen LogP contribution in [0.5, 0.6) is 0 Å². The quantitative estimate of drug-likeness (QED) is 0.792. The van der Waals surface area contributed by atoms with E-state index in [1.165, 1.54) is 12.8 Å². The summed E-state index contributed by atoms with van der Waals surface area (Å²) in [6, 6.07) is 0.373. The lowest BCUT2D eigenvalue weighted by molar-refractivity contribution is 0.113. The second-order valence-corrected chi connectivity index (χ2v) is 5.21. The summed E-state index contributed by atoms with van der Waals surface area (Å²) < 4.78 is 2.08. The van der Waals surface area contributed by atoms with Crippen molar-refractivity contribution in [1.29, 1.82) is 0 Å². The molecule has 1 fully saturated rings. The molecular weight excluding hydrogens is 226 g/mol. The fourth-order valence-electron chi connectivity index (χ4n) is 2.45. The summed E-state index contributed by atoms with van der Waals surface area (Å²) in [5, 5.41) is 4.35. The fraction of sp³-hybridized carbons (Fsp3) is 0.846. The molecule has 1 saturated heterocycles. The van der Waals surface area contributed by atoms with Crippen LogP contribution in [0, 0.1) is 0 Å². The lowest BCUT2D eigenvalue weighted by Crippen LogP contribution is -2.45. The number of hydrogen-bond donors (Lipinski definition) is 0. The van der Waals surface area contributed by atoms with Crippen LogP contribution >= 0.6 is 0 Å². The van der Waals surface area contributed by atoms with Crippen LogP contribution in [0.15, 0.2) is 6.33 Å². The smallest absolute Gasteiger partial charge is 0.143 e. The summed E-state index contributed by atoms with van der Waals surface area (Å²) in [4.78, 5) is 9.35. The van der Waals surface area contributed by atoms with Gasteiger partial charge >= 0.3 is 0 Å². The molecule has 0 radical (unpaired) electrons. The molecule has 1 aromatic rings. The summed E-state index contributed by atoms with van der Waals surface area (Å²) in [6.07, 6.45) is 4.06. The van der Waals surface area contributed by atoms with Crippen molar-refractivity contribution in [2.24, 2.45) is 0 Å². The molecule has 18 heavy (non-hydrogen) atoms. The number of hydrogen-bond acceptors (Lipinski definition) is 4. The average molecular weight is 251 g/mol. The third-order valence-electron chi connectivity index (χ3n) is 3.83. The maximum absolute atomic E-state index is 4.46. The molecule has 2 heterocycles. The molecule has 1 atom stereocenters. The third-order valence-corrected chi connectivity index (χ3v) is 3.83. The zero-order valence-corrected chi connectivity index (χ0v) is 11.8. The first-order valence-corrected chi connectivity index (χ1v) is 7.02. The van der Waals surface area contributed by atoms with Crippen molar-refractivity contribution >= 4 is 0 Å². The molecule has 102 valence electrons. The van der Waals surface area contributed by atoms with Crippen LogP contribution in [-0.2, 0) is 6.54 Å². The van der Waals surface area contributed by atoms with Gasteiger partial charge in [-0.2, -0.15) is 5.10 Å². The van der Waals surface area contributed by atoms with Gasteiger partial charge in [-0.1, -0.05) is 13.3 Å². The predicted molar refractivity (Wildman–Crippen MR) is 72.4 cm³/mol. The van der Waals surface area contributed by atoms with E-state index in [4.69, 9.17) is 0 Å². The summed E-state index contributed by atoms with van der Waals surface area (Å²) in [6.45, 7) is 9.99. The number of rotatable bonds is 5. The molecule has 0 aliphatic carbocycles. The van der Waals surface area contributed by atoms with Crippen LogP contribution < -0.4 is 0 Å². The van der Waals surface area contributed by atoms with Crippen LogP contribution in [0.4, 0.5) is 0 Å². The first kappa shape index (κ1) is 13.5. The highest BCUT2D eigenvalue weighted by Crippen LogP contribution is 2.19. The molecule has 5 nitrogen and oxygen atoms in total. The summed E-state index contributed by atoms with van der Waals surface area (Å²) in [5.41, 5.74) is 0. The normalized spacial score (nSPS) is 20.2. The highest BCUT2D eigenvalue weighted by Gasteiger charge is 2.23. The average Bonchev–Trinajstić information content (AvgIpc) is 2.84. The Labute approximate surface area is 110 Å². The van der Waals surface area contributed by atoms with Crippen molar-refractivity contribution in [1.82, 2.24) is 24.6 Å². The Hall–Kier alpha value is -0.940. The van der Waals surface area contributed by atoms with E-state index in [0.717, 1.165) is 38.5 Å². The van der Waals surface area contributed by atoms with E-state index < -0.39 is 0 Å². The van der Waals surface area contributed by atoms with Gasteiger partial charge in [-0.05, 0) is 20.4 Å². The van der Waals surface area contributed by atoms with E-state index >= 15 is 0 Å². The Morgan fingerprint density at radius 2 is 2.00 bits per heavy atom. The largest absolute Gasteiger partial charge is 0.304 e. The number of aryl methyl sites for hydroxylation is 1.